The van der Waals surface area contributed by atoms with Gasteiger partial charge in [-0.3, -0.25) is 4.42 Å². The van der Waals surface area contributed by atoms with Gasteiger partial charge in [-0.1, -0.05) is 6.08 Å². The minimum absolute atomic E-state index is 0.850. The molecule has 0 atom stereocenters. The van der Waals surface area contributed by atoms with E-state index in [-0.39, 0.29) is 0 Å². The van der Waals surface area contributed by atoms with Gasteiger partial charge in [-0.2, -0.15) is 0 Å². The molecule has 0 N–H and O–H groups in total. The standard InChI is InChI=1S/C8H11O2/c1-9-7-4-3-5-8(6-7)10-2/h3-4,6H,5H2,1-2H3/q+1. The predicted molar refractivity (Wildman–Crippen MR) is 39.8 cm³/mol. The second-order valence-electron chi connectivity index (χ2n) is 2.03. The summed E-state index contributed by atoms with van der Waals surface area (Å²) < 4.78 is 10.0. The fourth-order valence-electron chi connectivity index (χ4n) is 0.826. The lowest BCUT2D eigenvalue weighted by atomic mass is 10.2. The molecule has 0 amide bonds. The molecule has 0 bridgehead atoms. The molecular formula is C8H11O2+. The van der Waals surface area contributed by atoms with Crippen molar-refractivity contribution in [2.75, 3.05) is 14.2 Å². The lowest BCUT2D eigenvalue weighted by Gasteiger charge is -2.02. The van der Waals surface area contributed by atoms with Gasteiger partial charge < -0.3 is 4.74 Å². The van der Waals surface area contributed by atoms with E-state index in [0.717, 1.165) is 18.0 Å². The van der Waals surface area contributed by atoms with Crippen LogP contribution in [-0.2, 0) is 9.16 Å². The van der Waals surface area contributed by atoms with E-state index in [2.05, 4.69) is 0 Å². The average Bonchev–Trinajstić information content (AvgIpc) is 2.05. The van der Waals surface area contributed by atoms with Crippen LogP contribution in [0.2, 0.25) is 0 Å². The number of ether oxygens (including phenoxy) is 1. The van der Waals surface area contributed by atoms with Crippen molar-refractivity contribution in [3.05, 3.63) is 24.0 Å². The highest BCUT2D eigenvalue weighted by molar-refractivity contribution is 6.00. The van der Waals surface area contributed by atoms with Crippen molar-refractivity contribution < 1.29 is 9.16 Å². The molecule has 1 aliphatic rings. The van der Waals surface area contributed by atoms with Gasteiger partial charge in [-0.15, -0.1) is 0 Å². The number of methoxy groups -OCH3 is 1. The maximum absolute atomic E-state index is 5.03. The summed E-state index contributed by atoms with van der Waals surface area (Å²) in [7, 11) is 3.31. The number of carbonyl (C=O) groups excluding carboxylic acids is 1. The second kappa shape index (κ2) is 3.20. The van der Waals surface area contributed by atoms with Crippen molar-refractivity contribution in [2.45, 2.75) is 6.42 Å². The molecule has 0 aromatic heterocycles. The van der Waals surface area contributed by atoms with Gasteiger partial charge >= 0.3 is 5.78 Å². The van der Waals surface area contributed by atoms with E-state index < -0.39 is 0 Å². The van der Waals surface area contributed by atoms with Gasteiger partial charge in [0.05, 0.1) is 13.2 Å². The summed E-state index contributed by atoms with van der Waals surface area (Å²) in [6, 6.07) is 0. The van der Waals surface area contributed by atoms with Crippen LogP contribution in [0.25, 0.3) is 0 Å². The van der Waals surface area contributed by atoms with Gasteiger partial charge in [-0.25, -0.2) is 0 Å². The first-order valence-corrected chi connectivity index (χ1v) is 3.19. The zero-order chi connectivity index (χ0) is 7.40. The lowest BCUT2D eigenvalue weighted by Crippen LogP contribution is -2.00. The number of ketones is 1. The molecule has 0 radical (unpaired) electrons. The average molecular weight is 139 g/mol. The van der Waals surface area contributed by atoms with Crippen molar-refractivity contribution in [1.82, 2.24) is 0 Å². The molecule has 0 aromatic rings. The Labute approximate surface area is 60.5 Å². The first-order chi connectivity index (χ1) is 4.86. The fourth-order valence-corrected chi connectivity index (χ4v) is 0.826. The van der Waals surface area contributed by atoms with Crippen molar-refractivity contribution in [2.24, 2.45) is 0 Å². The molecule has 2 nitrogen and oxygen atoms in total. The Hall–Kier alpha value is -1.05. The fraction of sp³-hybridized carbons (Fsp3) is 0.375. The number of hydrogen-bond donors (Lipinski definition) is 0. The molecule has 0 spiro atoms. The van der Waals surface area contributed by atoms with Gasteiger partial charge in [0.2, 0.25) is 0 Å². The van der Waals surface area contributed by atoms with Gasteiger partial charge in [0.25, 0.3) is 7.11 Å². The Balaban J connectivity index is 2.73. The Bertz CT molecular complexity index is 199. The molecule has 0 unspecified atom stereocenters. The Morgan fingerprint density at radius 3 is 3.00 bits per heavy atom. The van der Waals surface area contributed by atoms with E-state index in [1.165, 1.54) is 0 Å². The summed E-state index contributed by atoms with van der Waals surface area (Å²) in [5, 5.41) is 0. The molecule has 0 aliphatic heterocycles. The first-order valence-electron chi connectivity index (χ1n) is 3.19. The maximum Gasteiger partial charge on any atom is 0.346 e. The lowest BCUT2D eigenvalue weighted by molar-refractivity contribution is -0.417. The monoisotopic (exact) mass is 139 g/mol. The third-order valence-corrected chi connectivity index (χ3v) is 1.40. The molecule has 0 heterocycles. The molecule has 10 heavy (non-hydrogen) atoms. The number of allylic oxidation sites excluding steroid dienone is 3. The summed E-state index contributed by atoms with van der Waals surface area (Å²) in [5.41, 5.74) is 0. The zero-order valence-electron chi connectivity index (χ0n) is 6.26. The highest BCUT2D eigenvalue weighted by atomic mass is 16.5. The zero-order valence-corrected chi connectivity index (χ0v) is 6.26. The maximum atomic E-state index is 5.03. The first kappa shape index (κ1) is 7.06. The smallest absolute Gasteiger partial charge is 0.346 e. The van der Waals surface area contributed by atoms with Crippen LogP contribution in [0.15, 0.2) is 24.0 Å². The van der Waals surface area contributed by atoms with Crippen molar-refractivity contribution in [3.63, 3.8) is 0 Å². The Morgan fingerprint density at radius 1 is 1.60 bits per heavy atom. The van der Waals surface area contributed by atoms with Gasteiger partial charge in [-0.05, 0) is 0 Å². The van der Waals surface area contributed by atoms with Crippen LogP contribution in [0.5, 0.6) is 0 Å². The van der Waals surface area contributed by atoms with Crippen LogP contribution in [0, 0.1) is 0 Å². The van der Waals surface area contributed by atoms with Crippen LogP contribution in [-0.4, -0.2) is 20.0 Å². The van der Waals surface area contributed by atoms with Crippen molar-refractivity contribution >= 4 is 5.78 Å². The largest absolute Gasteiger partial charge is 0.500 e. The molecule has 1 aliphatic carbocycles. The summed E-state index contributed by atoms with van der Waals surface area (Å²) >= 11 is 0. The van der Waals surface area contributed by atoms with Crippen LogP contribution in [0.3, 0.4) is 0 Å². The molecule has 0 fully saturated rings. The van der Waals surface area contributed by atoms with E-state index >= 15 is 0 Å². The summed E-state index contributed by atoms with van der Waals surface area (Å²) in [6.45, 7) is 0. The second-order valence-corrected chi connectivity index (χ2v) is 2.03. The minimum Gasteiger partial charge on any atom is -0.500 e. The van der Waals surface area contributed by atoms with Gasteiger partial charge in [0, 0.05) is 12.5 Å². The molecule has 2 heteroatoms. The van der Waals surface area contributed by atoms with E-state index in [4.69, 9.17) is 9.16 Å². The van der Waals surface area contributed by atoms with Crippen molar-refractivity contribution in [3.8, 4) is 0 Å². The Morgan fingerprint density at radius 2 is 2.40 bits per heavy atom. The summed E-state index contributed by atoms with van der Waals surface area (Å²) in [6.07, 6.45) is 6.70. The van der Waals surface area contributed by atoms with Crippen molar-refractivity contribution in [1.29, 1.82) is 0 Å². The topological polar surface area (TPSA) is 20.5 Å². The van der Waals surface area contributed by atoms with Crippen LogP contribution in [0.4, 0.5) is 0 Å². The third-order valence-electron chi connectivity index (χ3n) is 1.40. The summed E-state index contributed by atoms with van der Waals surface area (Å²) in [5.74, 6) is 1.79. The number of hydrogen-bond acceptors (Lipinski definition) is 1. The molecule has 0 saturated carbocycles. The van der Waals surface area contributed by atoms with Gasteiger partial charge in [0.1, 0.15) is 5.76 Å². The molecule has 1 rings (SSSR count). The van der Waals surface area contributed by atoms with E-state index in [1.54, 1.807) is 14.2 Å². The molecule has 54 valence electrons. The summed E-state index contributed by atoms with van der Waals surface area (Å²) in [4.78, 5) is 0. The quantitative estimate of drug-likeness (QED) is 0.500. The SMILES string of the molecule is COC1=CC(=[O+]C)C=CC1. The van der Waals surface area contributed by atoms with Crippen LogP contribution in [0.1, 0.15) is 6.42 Å². The van der Waals surface area contributed by atoms with Crippen LogP contribution >= 0.6 is 0 Å². The molecular weight excluding hydrogens is 128 g/mol. The Kier molecular flexibility index (Phi) is 2.26. The minimum atomic E-state index is 0.850. The molecule has 0 aromatic carbocycles. The van der Waals surface area contributed by atoms with E-state index in [1.807, 2.05) is 18.2 Å². The normalized spacial score (nSPS) is 21.0. The predicted octanol–water partition coefficient (Wildman–Crippen LogP) is 1.21. The third kappa shape index (κ3) is 1.47. The highest BCUT2D eigenvalue weighted by Gasteiger charge is 2.09. The highest BCUT2D eigenvalue weighted by Crippen LogP contribution is 2.08. The number of rotatable bonds is 1. The molecule has 0 saturated heterocycles. The van der Waals surface area contributed by atoms with E-state index in [0.29, 0.717) is 0 Å². The van der Waals surface area contributed by atoms with E-state index in [9.17, 15) is 0 Å². The van der Waals surface area contributed by atoms with Gasteiger partial charge in [0.15, 0.2) is 0 Å². The van der Waals surface area contributed by atoms with Crippen LogP contribution < -0.4 is 0 Å².